The third-order valence-corrected chi connectivity index (χ3v) is 7.68. The number of sulfonamides is 1. The summed E-state index contributed by atoms with van der Waals surface area (Å²) in [5, 5.41) is 3.87. The van der Waals surface area contributed by atoms with E-state index in [1.807, 2.05) is 0 Å². The maximum Gasteiger partial charge on any atom is 0.261 e. The summed E-state index contributed by atoms with van der Waals surface area (Å²) in [7, 11) is -3.73. The van der Waals surface area contributed by atoms with Crippen LogP contribution in [0.3, 0.4) is 0 Å². The van der Waals surface area contributed by atoms with Gasteiger partial charge in [-0.15, -0.1) is 11.8 Å². The lowest BCUT2D eigenvalue weighted by atomic mass is 10.2. The fourth-order valence-electron chi connectivity index (χ4n) is 2.56. The Kier molecular flexibility index (Phi) is 8.30. The minimum absolute atomic E-state index is 0.0937. The number of nitrogens with one attached hydrogen (secondary N) is 2. The molecule has 1 amide bonds. The topological polar surface area (TPSA) is 75.3 Å². The number of benzene rings is 3. The molecular formula is C21H17BrCl2N2O3S2. The molecule has 0 spiro atoms. The monoisotopic (exact) mass is 558 g/mol. The van der Waals surface area contributed by atoms with E-state index >= 15 is 0 Å². The van der Waals surface area contributed by atoms with Crippen molar-refractivity contribution in [3.05, 3.63) is 86.8 Å². The van der Waals surface area contributed by atoms with Gasteiger partial charge in [-0.2, -0.15) is 0 Å². The van der Waals surface area contributed by atoms with Crippen LogP contribution in [0.5, 0.6) is 0 Å². The number of carbonyl (C=O) groups excluding carboxylic acids is 1. The van der Waals surface area contributed by atoms with Crippen molar-refractivity contribution < 1.29 is 13.2 Å². The Morgan fingerprint density at radius 1 is 0.903 bits per heavy atom. The Hall–Kier alpha value is -1.71. The maximum absolute atomic E-state index is 12.5. The van der Waals surface area contributed by atoms with Gasteiger partial charge < -0.3 is 5.32 Å². The van der Waals surface area contributed by atoms with Crippen molar-refractivity contribution in [1.29, 1.82) is 0 Å². The van der Waals surface area contributed by atoms with Crippen LogP contribution in [-0.4, -0.2) is 20.1 Å². The predicted octanol–water partition coefficient (Wildman–Crippen LogP) is 6.43. The van der Waals surface area contributed by atoms with Gasteiger partial charge in [-0.1, -0.05) is 45.2 Å². The Morgan fingerprint density at radius 2 is 1.48 bits per heavy atom. The summed E-state index contributed by atoms with van der Waals surface area (Å²) < 4.78 is 28.4. The van der Waals surface area contributed by atoms with Crippen LogP contribution >= 0.6 is 50.9 Å². The van der Waals surface area contributed by atoms with Gasteiger partial charge in [0.15, 0.2) is 0 Å². The second-order valence-electron chi connectivity index (χ2n) is 6.38. The smallest absolute Gasteiger partial charge is 0.261 e. The number of hydrogen-bond donors (Lipinski definition) is 2. The van der Waals surface area contributed by atoms with Gasteiger partial charge in [-0.05, 0) is 66.2 Å². The summed E-state index contributed by atoms with van der Waals surface area (Å²) >= 11 is 16.9. The van der Waals surface area contributed by atoms with E-state index in [1.54, 1.807) is 54.6 Å². The second kappa shape index (κ2) is 10.7. The largest absolute Gasteiger partial charge is 0.325 e. The maximum atomic E-state index is 12.5. The van der Waals surface area contributed by atoms with Gasteiger partial charge in [-0.3, -0.25) is 9.52 Å². The molecule has 3 aromatic carbocycles. The van der Waals surface area contributed by atoms with Gasteiger partial charge in [0.25, 0.3) is 10.0 Å². The standard InChI is InChI=1S/C21H17BrCl2N2O3S2/c22-14-4-6-16(7-5-14)26-31(28,29)17-10-8-15(9-11-17)25-21(27)13-30-12-18-19(23)2-1-3-20(18)24/h1-11,26H,12-13H2,(H,25,27). The quantitative estimate of drug-likeness (QED) is 0.333. The highest BCUT2D eigenvalue weighted by atomic mass is 79.9. The van der Waals surface area contributed by atoms with Crippen LogP contribution in [0, 0.1) is 0 Å². The number of amides is 1. The molecule has 31 heavy (non-hydrogen) atoms. The Balaban J connectivity index is 1.54. The zero-order valence-electron chi connectivity index (χ0n) is 15.9. The molecule has 0 aliphatic heterocycles. The van der Waals surface area contributed by atoms with E-state index in [4.69, 9.17) is 23.2 Å². The average Bonchev–Trinajstić information content (AvgIpc) is 2.72. The minimum Gasteiger partial charge on any atom is -0.325 e. The first kappa shape index (κ1) is 23.9. The van der Waals surface area contributed by atoms with Gasteiger partial charge in [-0.25, -0.2) is 8.42 Å². The molecule has 0 heterocycles. The molecule has 3 aromatic rings. The summed E-state index contributed by atoms with van der Waals surface area (Å²) in [5.41, 5.74) is 1.75. The number of hydrogen-bond acceptors (Lipinski definition) is 4. The van der Waals surface area contributed by atoms with Crippen LogP contribution in [0.25, 0.3) is 0 Å². The van der Waals surface area contributed by atoms with Crippen molar-refractivity contribution in [3.63, 3.8) is 0 Å². The van der Waals surface area contributed by atoms with Gasteiger partial charge in [0, 0.05) is 31.6 Å². The van der Waals surface area contributed by atoms with Crippen LogP contribution in [0.1, 0.15) is 5.56 Å². The molecule has 2 N–H and O–H groups in total. The summed E-state index contributed by atoms with van der Waals surface area (Å²) in [6.45, 7) is 0. The Bertz CT molecular complexity index is 1150. The zero-order chi connectivity index (χ0) is 22.4. The van der Waals surface area contributed by atoms with Crippen molar-refractivity contribution in [1.82, 2.24) is 0 Å². The van der Waals surface area contributed by atoms with Crippen molar-refractivity contribution in [2.24, 2.45) is 0 Å². The summed E-state index contributed by atoms with van der Waals surface area (Å²) in [5.74, 6) is 0.495. The van der Waals surface area contributed by atoms with E-state index in [2.05, 4.69) is 26.0 Å². The number of anilines is 2. The Morgan fingerprint density at radius 3 is 2.10 bits per heavy atom. The lowest BCUT2D eigenvalue weighted by Gasteiger charge is -2.10. The molecular weight excluding hydrogens is 543 g/mol. The highest BCUT2D eigenvalue weighted by Crippen LogP contribution is 2.28. The van der Waals surface area contributed by atoms with Gasteiger partial charge in [0.1, 0.15) is 0 Å². The third-order valence-electron chi connectivity index (χ3n) is 4.09. The molecule has 0 saturated heterocycles. The molecule has 5 nitrogen and oxygen atoms in total. The van der Waals surface area contributed by atoms with E-state index in [-0.39, 0.29) is 16.6 Å². The molecule has 0 atom stereocenters. The first-order valence-electron chi connectivity index (χ1n) is 8.93. The van der Waals surface area contributed by atoms with Crippen LogP contribution in [0.4, 0.5) is 11.4 Å². The van der Waals surface area contributed by atoms with E-state index in [1.165, 1.54) is 23.9 Å². The molecule has 0 radical (unpaired) electrons. The highest BCUT2D eigenvalue weighted by molar-refractivity contribution is 9.10. The lowest BCUT2D eigenvalue weighted by molar-refractivity contribution is -0.113. The SMILES string of the molecule is O=C(CSCc1c(Cl)cccc1Cl)Nc1ccc(S(=O)(=O)Nc2ccc(Br)cc2)cc1. The molecule has 0 saturated carbocycles. The van der Waals surface area contributed by atoms with Crippen LogP contribution in [0.2, 0.25) is 10.0 Å². The van der Waals surface area contributed by atoms with Gasteiger partial charge >= 0.3 is 0 Å². The molecule has 0 fully saturated rings. The molecule has 0 aromatic heterocycles. The number of rotatable bonds is 8. The minimum atomic E-state index is -3.73. The summed E-state index contributed by atoms with van der Waals surface area (Å²) in [4.78, 5) is 12.3. The summed E-state index contributed by atoms with van der Waals surface area (Å²) in [6.07, 6.45) is 0. The normalized spacial score (nSPS) is 11.2. The number of halogens is 3. The predicted molar refractivity (Wildman–Crippen MR) is 133 cm³/mol. The number of thioether (sulfide) groups is 1. The Labute approximate surface area is 203 Å². The fourth-order valence-corrected chi connectivity index (χ4v) is 5.45. The van der Waals surface area contributed by atoms with E-state index in [0.29, 0.717) is 27.2 Å². The third kappa shape index (κ3) is 6.89. The highest BCUT2D eigenvalue weighted by Gasteiger charge is 2.14. The molecule has 0 aliphatic carbocycles. The molecule has 162 valence electrons. The number of carbonyl (C=O) groups is 1. The van der Waals surface area contributed by atoms with E-state index in [0.717, 1.165) is 10.0 Å². The van der Waals surface area contributed by atoms with Crippen molar-refractivity contribution in [2.75, 3.05) is 15.8 Å². The zero-order valence-corrected chi connectivity index (χ0v) is 20.7. The second-order valence-corrected chi connectivity index (χ2v) is 10.8. The molecule has 10 heteroatoms. The summed E-state index contributed by atoms with van der Waals surface area (Å²) in [6, 6.07) is 18.0. The van der Waals surface area contributed by atoms with Crippen molar-refractivity contribution in [3.8, 4) is 0 Å². The van der Waals surface area contributed by atoms with Crippen molar-refractivity contribution >= 4 is 78.2 Å². The average molecular weight is 560 g/mol. The van der Waals surface area contributed by atoms with Crippen LogP contribution in [0.15, 0.2) is 76.1 Å². The first-order chi connectivity index (χ1) is 14.7. The van der Waals surface area contributed by atoms with E-state index in [9.17, 15) is 13.2 Å². The van der Waals surface area contributed by atoms with Crippen LogP contribution < -0.4 is 10.0 Å². The lowest BCUT2D eigenvalue weighted by Crippen LogP contribution is -2.15. The van der Waals surface area contributed by atoms with Crippen molar-refractivity contribution in [2.45, 2.75) is 10.6 Å². The molecule has 0 unspecified atom stereocenters. The van der Waals surface area contributed by atoms with Gasteiger partial charge in [0.05, 0.1) is 10.6 Å². The molecule has 0 bridgehead atoms. The van der Waals surface area contributed by atoms with E-state index < -0.39 is 10.0 Å². The van der Waals surface area contributed by atoms with Gasteiger partial charge in [0.2, 0.25) is 5.91 Å². The van der Waals surface area contributed by atoms with Crippen LogP contribution in [-0.2, 0) is 20.6 Å². The first-order valence-corrected chi connectivity index (χ1v) is 13.1. The molecule has 3 rings (SSSR count). The fraction of sp³-hybridized carbons (Fsp3) is 0.0952. The molecule has 0 aliphatic rings.